The van der Waals surface area contributed by atoms with Crippen LogP contribution in [0.2, 0.25) is 0 Å². The topological polar surface area (TPSA) is 29.1 Å². The first kappa shape index (κ1) is 9.26. The second-order valence-electron chi connectivity index (χ2n) is 1.70. The minimum Gasteiger partial charge on any atom is -0.358 e. The van der Waals surface area contributed by atoms with E-state index in [1.165, 1.54) is 0 Å². The zero-order valence-electron chi connectivity index (χ0n) is 5.54. The van der Waals surface area contributed by atoms with E-state index in [0.717, 1.165) is 14.0 Å². The average molecular weight is 154 g/mol. The van der Waals surface area contributed by atoms with Crippen molar-refractivity contribution < 1.29 is 18.0 Å². The fraction of sp³-hybridized carbons (Fsp3) is 0.600. The fourth-order valence-electron chi connectivity index (χ4n) is 0.316. The van der Waals surface area contributed by atoms with Crippen molar-refractivity contribution in [3.05, 3.63) is 5.92 Å². The minimum atomic E-state index is -4.51. The van der Waals surface area contributed by atoms with Gasteiger partial charge in [-0.15, -0.1) is 0 Å². The lowest BCUT2D eigenvalue weighted by Gasteiger charge is -2.11. The number of carbonyl (C=O) groups is 1. The van der Waals surface area contributed by atoms with Crippen LogP contribution in [0.1, 0.15) is 6.92 Å². The van der Waals surface area contributed by atoms with E-state index in [4.69, 9.17) is 0 Å². The van der Waals surface area contributed by atoms with Crippen molar-refractivity contribution in [1.82, 2.24) is 5.32 Å². The summed E-state index contributed by atoms with van der Waals surface area (Å²) in [5.41, 5.74) is 0. The molecule has 1 N–H and O–H groups in total. The highest BCUT2D eigenvalue weighted by atomic mass is 19.4. The summed E-state index contributed by atoms with van der Waals surface area (Å²) >= 11 is 0. The van der Waals surface area contributed by atoms with Crippen molar-refractivity contribution in [2.45, 2.75) is 13.1 Å². The van der Waals surface area contributed by atoms with Gasteiger partial charge in [0.25, 0.3) is 0 Å². The highest BCUT2D eigenvalue weighted by molar-refractivity contribution is 5.90. The van der Waals surface area contributed by atoms with E-state index >= 15 is 0 Å². The standard InChI is InChI=1S/C5H7F3NO/c1-3(4(10)9-2)5(6,7)8/h1-2H3,(H,9,10). The molecule has 0 aliphatic heterocycles. The molecule has 0 aliphatic carbocycles. The molecule has 0 spiro atoms. The first-order valence-electron chi connectivity index (χ1n) is 2.52. The van der Waals surface area contributed by atoms with Gasteiger partial charge in [-0.3, -0.25) is 4.79 Å². The summed E-state index contributed by atoms with van der Waals surface area (Å²) in [5.74, 6) is -2.22. The molecule has 0 heterocycles. The van der Waals surface area contributed by atoms with Crippen molar-refractivity contribution in [3.63, 3.8) is 0 Å². The molecule has 10 heavy (non-hydrogen) atoms. The van der Waals surface area contributed by atoms with E-state index in [-0.39, 0.29) is 0 Å². The molecule has 0 aromatic rings. The van der Waals surface area contributed by atoms with Crippen LogP contribution in [0.25, 0.3) is 0 Å². The summed E-state index contributed by atoms with van der Waals surface area (Å²) < 4.78 is 34.8. The summed E-state index contributed by atoms with van der Waals surface area (Å²) in [6.45, 7) is 0.735. The summed E-state index contributed by atoms with van der Waals surface area (Å²) in [5, 5.41) is 1.88. The Morgan fingerprint density at radius 2 is 1.80 bits per heavy atom. The van der Waals surface area contributed by atoms with Crippen molar-refractivity contribution in [1.29, 1.82) is 0 Å². The zero-order chi connectivity index (χ0) is 8.36. The molecule has 5 heteroatoms. The number of rotatable bonds is 1. The molecule has 1 radical (unpaired) electrons. The van der Waals surface area contributed by atoms with Crippen LogP contribution >= 0.6 is 0 Å². The van der Waals surface area contributed by atoms with Crippen LogP contribution in [-0.2, 0) is 4.79 Å². The van der Waals surface area contributed by atoms with Crippen LogP contribution in [0, 0.1) is 5.92 Å². The Morgan fingerprint density at radius 3 is 1.90 bits per heavy atom. The van der Waals surface area contributed by atoms with Crippen LogP contribution < -0.4 is 5.32 Å². The Labute approximate surface area is 56.4 Å². The predicted molar refractivity (Wildman–Crippen MR) is 29.0 cm³/mol. The number of amides is 1. The van der Waals surface area contributed by atoms with Gasteiger partial charge in [0.15, 0.2) is 5.92 Å². The van der Waals surface area contributed by atoms with E-state index < -0.39 is 18.0 Å². The molecule has 0 saturated heterocycles. The fourth-order valence-corrected chi connectivity index (χ4v) is 0.316. The molecule has 2 nitrogen and oxygen atoms in total. The first-order valence-corrected chi connectivity index (χ1v) is 2.52. The van der Waals surface area contributed by atoms with Gasteiger partial charge in [-0.2, -0.15) is 13.2 Å². The van der Waals surface area contributed by atoms with Crippen molar-refractivity contribution in [2.75, 3.05) is 7.05 Å². The third-order valence-electron chi connectivity index (χ3n) is 0.993. The van der Waals surface area contributed by atoms with Gasteiger partial charge < -0.3 is 5.32 Å². The van der Waals surface area contributed by atoms with E-state index in [1.54, 1.807) is 0 Å². The largest absolute Gasteiger partial charge is 0.404 e. The molecule has 0 rings (SSSR count). The lowest BCUT2D eigenvalue weighted by atomic mass is 10.1. The van der Waals surface area contributed by atoms with Crippen molar-refractivity contribution in [2.24, 2.45) is 0 Å². The second kappa shape index (κ2) is 2.90. The normalized spacial score (nSPS) is 11.8. The van der Waals surface area contributed by atoms with E-state index in [2.05, 4.69) is 0 Å². The monoisotopic (exact) mass is 154 g/mol. The number of carbonyl (C=O) groups excluding carboxylic acids is 1. The van der Waals surface area contributed by atoms with Gasteiger partial charge in [-0.25, -0.2) is 0 Å². The van der Waals surface area contributed by atoms with Crippen LogP contribution in [0.4, 0.5) is 13.2 Å². The van der Waals surface area contributed by atoms with Crippen molar-refractivity contribution in [3.8, 4) is 0 Å². The molecule has 0 atom stereocenters. The summed E-state index contributed by atoms with van der Waals surface area (Å²) in [4.78, 5) is 10.3. The molecule has 0 aromatic carbocycles. The molecule has 0 aromatic heterocycles. The number of nitrogens with one attached hydrogen (secondary N) is 1. The predicted octanol–water partition coefficient (Wildman–Crippen LogP) is 0.889. The maximum absolute atomic E-state index is 11.6. The van der Waals surface area contributed by atoms with E-state index in [0.29, 0.717) is 0 Å². The number of hydrogen-bond acceptors (Lipinski definition) is 1. The Balaban J connectivity index is 4.08. The average Bonchev–Trinajstić information content (AvgIpc) is 1.83. The van der Waals surface area contributed by atoms with Gasteiger partial charge in [0, 0.05) is 7.05 Å². The minimum absolute atomic E-state index is 0.735. The molecule has 59 valence electrons. The van der Waals surface area contributed by atoms with Gasteiger partial charge in [0.2, 0.25) is 5.91 Å². The zero-order valence-corrected chi connectivity index (χ0v) is 5.54. The highest BCUT2D eigenvalue weighted by Gasteiger charge is 2.41. The molecule has 0 bridgehead atoms. The lowest BCUT2D eigenvalue weighted by Crippen LogP contribution is -2.33. The smallest absolute Gasteiger partial charge is 0.358 e. The van der Waals surface area contributed by atoms with Gasteiger partial charge in [0.1, 0.15) is 0 Å². The lowest BCUT2D eigenvalue weighted by molar-refractivity contribution is -0.140. The number of hydrogen-bond donors (Lipinski definition) is 1. The van der Waals surface area contributed by atoms with Gasteiger partial charge in [-0.1, -0.05) is 0 Å². The van der Waals surface area contributed by atoms with E-state index in [1.807, 2.05) is 5.32 Å². The second-order valence-corrected chi connectivity index (χ2v) is 1.70. The highest BCUT2D eigenvalue weighted by Crippen LogP contribution is 2.27. The molecule has 0 saturated carbocycles. The Kier molecular flexibility index (Phi) is 2.68. The van der Waals surface area contributed by atoms with Gasteiger partial charge in [0.05, 0.1) is 0 Å². The Hall–Kier alpha value is -0.740. The van der Waals surface area contributed by atoms with Crippen LogP contribution in [0.15, 0.2) is 0 Å². The van der Waals surface area contributed by atoms with Gasteiger partial charge in [-0.05, 0) is 6.92 Å². The van der Waals surface area contributed by atoms with Gasteiger partial charge >= 0.3 is 6.18 Å². The first-order chi connectivity index (χ1) is 4.39. The molecule has 0 fully saturated rings. The molecule has 1 amide bonds. The van der Waals surface area contributed by atoms with Crippen LogP contribution in [0.3, 0.4) is 0 Å². The van der Waals surface area contributed by atoms with Crippen molar-refractivity contribution >= 4 is 5.91 Å². The SMILES string of the molecule is CNC(=O)[C](C)C(F)(F)F. The summed E-state index contributed by atoms with van der Waals surface area (Å²) in [6.07, 6.45) is -4.51. The van der Waals surface area contributed by atoms with Crippen LogP contribution in [-0.4, -0.2) is 19.1 Å². The number of alkyl halides is 3. The third-order valence-corrected chi connectivity index (χ3v) is 0.993. The third kappa shape index (κ3) is 2.24. The summed E-state index contributed by atoms with van der Waals surface area (Å²) in [6, 6.07) is 0. The molecule has 0 aliphatic rings. The van der Waals surface area contributed by atoms with Crippen LogP contribution in [0.5, 0.6) is 0 Å². The molecule has 0 unspecified atom stereocenters. The Morgan fingerprint density at radius 1 is 1.40 bits per heavy atom. The maximum Gasteiger partial charge on any atom is 0.404 e. The Bertz CT molecular complexity index is 131. The van der Waals surface area contributed by atoms with E-state index in [9.17, 15) is 18.0 Å². The number of halogens is 3. The quantitative estimate of drug-likeness (QED) is 0.597. The maximum atomic E-state index is 11.6. The summed E-state index contributed by atoms with van der Waals surface area (Å²) in [7, 11) is 1.15. The molecular formula is C5H7F3NO. The molecular weight excluding hydrogens is 147 g/mol.